The summed E-state index contributed by atoms with van der Waals surface area (Å²) in [6.45, 7) is 3.89. The Labute approximate surface area is 190 Å². The quantitative estimate of drug-likeness (QED) is 0.426. The standard InChI is InChI=1S/C24H22ClFN4O2/c1-14-17(9-11-24(31)28-16-8-10-20(26)19(25)12-16)15(2)30-23(27-14)13-21(29-30)18-6-4-5-7-22(18)32-3/h4-8,10,12-13H,9,11H2,1-3H3,(H,28,31). The van der Waals surface area contributed by atoms with Crippen molar-refractivity contribution >= 4 is 28.8 Å². The van der Waals surface area contributed by atoms with E-state index in [9.17, 15) is 9.18 Å². The maximum atomic E-state index is 13.3. The van der Waals surface area contributed by atoms with Gasteiger partial charge in [0.05, 0.1) is 17.8 Å². The zero-order valence-electron chi connectivity index (χ0n) is 17.9. The van der Waals surface area contributed by atoms with E-state index in [1.165, 1.54) is 18.2 Å². The monoisotopic (exact) mass is 452 g/mol. The van der Waals surface area contributed by atoms with Gasteiger partial charge in [0.15, 0.2) is 5.65 Å². The number of nitrogens with one attached hydrogen (secondary N) is 1. The fourth-order valence-electron chi connectivity index (χ4n) is 3.71. The van der Waals surface area contributed by atoms with Gasteiger partial charge in [0.2, 0.25) is 5.91 Å². The lowest BCUT2D eigenvalue weighted by Crippen LogP contribution is -2.14. The van der Waals surface area contributed by atoms with Crippen molar-refractivity contribution in [3.05, 3.63) is 76.3 Å². The zero-order valence-corrected chi connectivity index (χ0v) is 18.7. The molecule has 0 saturated heterocycles. The number of amides is 1. The van der Waals surface area contributed by atoms with Crippen LogP contribution in [0.3, 0.4) is 0 Å². The number of aryl methyl sites for hydroxylation is 2. The van der Waals surface area contributed by atoms with Gasteiger partial charge in [-0.05, 0) is 56.2 Å². The van der Waals surface area contributed by atoms with Gasteiger partial charge in [0.25, 0.3) is 0 Å². The summed E-state index contributed by atoms with van der Waals surface area (Å²) in [6, 6.07) is 13.7. The molecule has 0 unspecified atom stereocenters. The Morgan fingerprint density at radius 1 is 1.19 bits per heavy atom. The van der Waals surface area contributed by atoms with Crippen LogP contribution in [-0.4, -0.2) is 27.6 Å². The number of rotatable bonds is 6. The number of hydrogen-bond acceptors (Lipinski definition) is 4. The molecule has 0 bridgehead atoms. The Bertz CT molecular complexity index is 1320. The molecule has 0 aliphatic carbocycles. The third-order valence-corrected chi connectivity index (χ3v) is 5.64. The van der Waals surface area contributed by atoms with Crippen LogP contribution in [0.1, 0.15) is 23.4 Å². The number of aromatic nitrogens is 3. The molecular formula is C24H22ClFN4O2. The molecule has 6 nitrogen and oxygen atoms in total. The van der Waals surface area contributed by atoms with E-state index in [2.05, 4.69) is 5.32 Å². The highest BCUT2D eigenvalue weighted by Crippen LogP contribution is 2.30. The van der Waals surface area contributed by atoms with Gasteiger partial charge in [-0.3, -0.25) is 4.79 Å². The van der Waals surface area contributed by atoms with Crippen LogP contribution in [0.25, 0.3) is 16.9 Å². The number of hydrogen-bond donors (Lipinski definition) is 1. The smallest absolute Gasteiger partial charge is 0.224 e. The summed E-state index contributed by atoms with van der Waals surface area (Å²) >= 11 is 5.78. The molecule has 2 aromatic heterocycles. The van der Waals surface area contributed by atoms with Crippen molar-refractivity contribution in [2.24, 2.45) is 0 Å². The first kappa shape index (κ1) is 21.8. The third kappa shape index (κ3) is 4.29. The Balaban J connectivity index is 1.56. The van der Waals surface area contributed by atoms with Crippen molar-refractivity contribution in [1.29, 1.82) is 0 Å². The predicted octanol–water partition coefficient (Wildman–Crippen LogP) is 5.39. The van der Waals surface area contributed by atoms with E-state index in [1.807, 2.05) is 44.2 Å². The maximum absolute atomic E-state index is 13.3. The predicted molar refractivity (Wildman–Crippen MR) is 123 cm³/mol. The van der Waals surface area contributed by atoms with Crippen molar-refractivity contribution in [2.75, 3.05) is 12.4 Å². The summed E-state index contributed by atoms with van der Waals surface area (Å²) in [4.78, 5) is 17.1. The van der Waals surface area contributed by atoms with Crippen LogP contribution in [0, 0.1) is 19.7 Å². The number of halogens is 2. The van der Waals surface area contributed by atoms with Crippen LogP contribution in [0.2, 0.25) is 5.02 Å². The Morgan fingerprint density at radius 3 is 2.72 bits per heavy atom. The molecule has 0 aliphatic heterocycles. The fourth-order valence-corrected chi connectivity index (χ4v) is 3.89. The number of carbonyl (C=O) groups excluding carboxylic acids is 1. The number of ether oxygens (including phenoxy) is 1. The van der Waals surface area contributed by atoms with Gasteiger partial charge in [-0.2, -0.15) is 5.10 Å². The first-order valence-electron chi connectivity index (χ1n) is 10.1. The maximum Gasteiger partial charge on any atom is 0.224 e. The van der Waals surface area contributed by atoms with E-state index in [1.54, 1.807) is 11.6 Å². The fraction of sp³-hybridized carbons (Fsp3) is 0.208. The van der Waals surface area contributed by atoms with Crippen LogP contribution in [0.5, 0.6) is 5.75 Å². The summed E-state index contributed by atoms with van der Waals surface area (Å²) in [7, 11) is 1.63. The van der Waals surface area contributed by atoms with Gasteiger partial charge in [0, 0.05) is 35.1 Å². The van der Waals surface area contributed by atoms with Crippen LogP contribution in [-0.2, 0) is 11.2 Å². The van der Waals surface area contributed by atoms with Gasteiger partial charge in [-0.1, -0.05) is 23.7 Å². The minimum atomic E-state index is -0.526. The highest BCUT2D eigenvalue weighted by Gasteiger charge is 2.16. The molecule has 4 aromatic rings. The molecule has 2 aromatic carbocycles. The number of methoxy groups -OCH3 is 1. The Hall–Kier alpha value is -3.45. The molecule has 164 valence electrons. The van der Waals surface area contributed by atoms with Crippen molar-refractivity contribution in [3.63, 3.8) is 0 Å². The molecule has 0 atom stereocenters. The number of nitrogens with zero attached hydrogens (tertiary/aromatic N) is 3. The number of carbonyl (C=O) groups is 1. The molecule has 2 heterocycles. The van der Waals surface area contributed by atoms with Crippen LogP contribution in [0.4, 0.5) is 10.1 Å². The summed E-state index contributed by atoms with van der Waals surface area (Å²) in [5, 5.41) is 7.44. The molecule has 4 rings (SSSR count). The molecule has 1 N–H and O–H groups in total. The lowest BCUT2D eigenvalue weighted by molar-refractivity contribution is -0.116. The van der Waals surface area contributed by atoms with Gasteiger partial charge in [-0.15, -0.1) is 0 Å². The van der Waals surface area contributed by atoms with Crippen molar-refractivity contribution in [2.45, 2.75) is 26.7 Å². The second kappa shape index (κ2) is 8.96. The summed E-state index contributed by atoms with van der Waals surface area (Å²) < 4.78 is 20.6. The average molecular weight is 453 g/mol. The minimum absolute atomic E-state index is 0.0336. The van der Waals surface area contributed by atoms with Crippen molar-refractivity contribution in [3.8, 4) is 17.0 Å². The topological polar surface area (TPSA) is 68.5 Å². The first-order chi connectivity index (χ1) is 15.4. The minimum Gasteiger partial charge on any atom is -0.496 e. The molecule has 0 saturated carbocycles. The second-order valence-electron chi connectivity index (χ2n) is 7.44. The summed E-state index contributed by atoms with van der Waals surface area (Å²) in [5.41, 5.74) is 5.56. The van der Waals surface area contributed by atoms with Crippen LogP contribution >= 0.6 is 11.6 Å². The second-order valence-corrected chi connectivity index (χ2v) is 7.85. The lowest BCUT2D eigenvalue weighted by Gasteiger charge is -2.11. The molecule has 1 amide bonds. The first-order valence-corrected chi connectivity index (χ1v) is 10.5. The van der Waals surface area contributed by atoms with Gasteiger partial charge in [-0.25, -0.2) is 13.9 Å². The highest BCUT2D eigenvalue weighted by atomic mass is 35.5. The van der Waals surface area contributed by atoms with Gasteiger partial charge < -0.3 is 10.1 Å². The largest absolute Gasteiger partial charge is 0.496 e. The third-order valence-electron chi connectivity index (χ3n) is 5.35. The molecule has 32 heavy (non-hydrogen) atoms. The van der Waals surface area contributed by atoms with Crippen LogP contribution in [0.15, 0.2) is 48.5 Å². The van der Waals surface area contributed by atoms with Crippen LogP contribution < -0.4 is 10.1 Å². The Kier molecular flexibility index (Phi) is 6.10. The summed E-state index contributed by atoms with van der Waals surface area (Å²) in [5.74, 6) is 0.0202. The molecular weight excluding hydrogens is 431 g/mol. The SMILES string of the molecule is COc1ccccc1-c1cc2nc(C)c(CCC(=O)Nc3ccc(F)c(Cl)c3)c(C)n2n1. The molecule has 8 heteroatoms. The Morgan fingerprint density at radius 2 is 1.97 bits per heavy atom. The van der Waals surface area contributed by atoms with E-state index in [4.69, 9.17) is 26.4 Å². The normalized spacial score (nSPS) is 11.0. The number of para-hydroxylation sites is 1. The van der Waals surface area contributed by atoms with Crippen molar-refractivity contribution < 1.29 is 13.9 Å². The molecule has 0 radical (unpaired) electrons. The zero-order chi connectivity index (χ0) is 22.8. The number of fused-ring (bicyclic) bond motifs is 1. The molecule has 0 fully saturated rings. The van der Waals surface area contributed by atoms with E-state index < -0.39 is 5.82 Å². The van der Waals surface area contributed by atoms with E-state index in [-0.39, 0.29) is 17.4 Å². The number of anilines is 1. The van der Waals surface area contributed by atoms with E-state index in [0.717, 1.165) is 39.6 Å². The van der Waals surface area contributed by atoms with Gasteiger partial charge >= 0.3 is 0 Å². The number of benzene rings is 2. The van der Waals surface area contributed by atoms with Gasteiger partial charge in [0.1, 0.15) is 11.6 Å². The van der Waals surface area contributed by atoms with E-state index >= 15 is 0 Å². The van der Waals surface area contributed by atoms with E-state index in [0.29, 0.717) is 12.1 Å². The highest BCUT2D eigenvalue weighted by molar-refractivity contribution is 6.31. The van der Waals surface area contributed by atoms with Crippen molar-refractivity contribution in [1.82, 2.24) is 14.6 Å². The average Bonchev–Trinajstić information content (AvgIpc) is 3.20. The lowest BCUT2D eigenvalue weighted by atomic mass is 10.1. The summed E-state index contributed by atoms with van der Waals surface area (Å²) in [6.07, 6.45) is 0.732. The molecule has 0 aliphatic rings. The molecule has 0 spiro atoms.